The molecule has 5 nitrogen and oxygen atoms in total. The number of rotatable bonds is 3. The van der Waals surface area contributed by atoms with Crippen molar-refractivity contribution in [1.82, 2.24) is 4.90 Å². The number of likely N-dealkylation sites (N-methyl/N-ethyl adjacent to an activating group) is 1. The number of hydrogen-bond donors (Lipinski definition) is 2. The first-order chi connectivity index (χ1) is 9.56. The lowest BCUT2D eigenvalue weighted by atomic mass is 10.1. The van der Waals surface area contributed by atoms with Crippen LogP contribution in [0.1, 0.15) is 18.9 Å². The molecule has 1 atom stereocenters. The minimum absolute atomic E-state index is 0.0337. The normalized spacial score (nSPS) is 21.2. The first-order valence-corrected chi connectivity index (χ1v) is 7.17. The molecule has 0 bridgehead atoms. The van der Waals surface area contributed by atoms with Crippen molar-refractivity contribution in [3.05, 3.63) is 28.8 Å². The molecule has 1 fully saturated rings. The highest BCUT2D eigenvalue weighted by molar-refractivity contribution is 6.34. The third kappa shape index (κ3) is 2.99. The molecule has 1 heterocycles. The van der Waals surface area contributed by atoms with Gasteiger partial charge in [0.2, 0.25) is 0 Å². The number of nitrogens with zero attached hydrogens (tertiary/aromatic N) is 3. The summed E-state index contributed by atoms with van der Waals surface area (Å²) < 4.78 is 0. The van der Waals surface area contributed by atoms with Gasteiger partial charge in [0.15, 0.2) is 5.84 Å². The van der Waals surface area contributed by atoms with Crippen LogP contribution in [0.3, 0.4) is 0 Å². The summed E-state index contributed by atoms with van der Waals surface area (Å²) in [7, 11) is 2.17. The zero-order valence-corrected chi connectivity index (χ0v) is 12.6. The Labute approximate surface area is 124 Å². The smallest absolute Gasteiger partial charge is 0.171 e. The van der Waals surface area contributed by atoms with Crippen molar-refractivity contribution in [1.29, 1.82) is 0 Å². The van der Waals surface area contributed by atoms with Crippen molar-refractivity contribution in [3.8, 4) is 0 Å². The number of nitrogens with two attached hydrogens (primary N) is 1. The Kier molecular flexibility index (Phi) is 4.73. The average molecular weight is 297 g/mol. The summed E-state index contributed by atoms with van der Waals surface area (Å²) in [5.41, 5.74) is 7.22. The zero-order chi connectivity index (χ0) is 14.7. The Morgan fingerprint density at radius 1 is 1.50 bits per heavy atom. The van der Waals surface area contributed by atoms with Crippen LogP contribution >= 0.6 is 11.6 Å². The van der Waals surface area contributed by atoms with E-state index >= 15 is 0 Å². The third-order valence-electron chi connectivity index (χ3n) is 3.95. The van der Waals surface area contributed by atoms with E-state index in [-0.39, 0.29) is 5.84 Å². The summed E-state index contributed by atoms with van der Waals surface area (Å²) in [6.45, 7) is 5.22. The first-order valence-electron chi connectivity index (χ1n) is 6.79. The molecule has 1 aromatic carbocycles. The molecule has 0 aromatic heterocycles. The van der Waals surface area contributed by atoms with Gasteiger partial charge in [-0.15, -0.1) is 0 Å². The van der Waals surface area contributed by atoms with E-state index in [9.17, 15) is 0 Å². The number of oxime groups is 1. The summed E-state index contributed by atoms with van der Waals surface area (Å²) in [6.07, 6.45) is 1.13. The topological polar surface area (TPSA) is 65.1 Å². The van der Waals surface area contributed by atoms with Gasteiger partial charge in [-0.3, -0.25) is 4.90 Å². The maximum atomic E-state index is 8.71. The molecular weight excluding hydrogens is 276 g/mol. The van der Waals surface area contributed by atoms with Gasteiger partial charge in [-0.25, -0.2) is 0 Å². The molecule has 0 aliphatic carbocycles. The van der Waals surface area contributed by atoms with Crippen molar-refractivity contribution in [2.24, 2.45) is 10.9 Å². The molecule has 20 heavy (non-hydrogen) atoms. The van der Waals surface area contributed by atoms with Gasteiger partial charge in [-0.05, 0) is 31.7 Å². The maximum absolute atomic E-state index is 8.71. The van der Waals surface area contributed by atoms with Crippen molar-refractivity contribution < 1.29 is 5.21 Å². The van der Waals surface area contributed by atoms with Crippen LogP contribution in [0.5, 0.6) is 0 Å². The number of piperazine rings is 1. The minimum Gasteiger partial charge on any atom is -0.409 e. The number of amidine groups is 1. The van der Waals surface area contributed by atoms with Crippen molar-refractivity contribution in [2.75, 3.05) is 31.6 Å². The van der Waals surface area contributed by atoms with E-state index in [1.807, 2.05) is 12.1 Å². The van der Waals surface area contributed by atoms with Gasteiger partial charge in [0.05, 0.1) is 5.02 Å². The van der Waals surface area contributed by atoms with Crippen molar-refractivity contribution in [2.45, 2.75) is 19.4 Å². The van der Waals surface area contributed by atoms with E-state index in [0.29, 0.717) is 16.6 Å². The largest absolute Gasteiger partial charge is 0.409 e. The molecule has 1 aliphatic heterocycles. The second kappa shape index (κ2) is 6.33. The minimum atomic E-state index is 0.0337. The second-order valence-electron chi connectivity index (χ2n) is 5.14. The fraction of sp³-hybridized carbons (Fsp3) is 0.500. The number of halogens is 1. The molecule has 110 valence electrons. The Morgan fingerprint density at radius 2 is 2.25 bits per heavy atom. The van der Waals surface area contributed by atoms with E-state index in [2.05, 4.69) is 28.9 Å². The van der Waals surface area contributed by atoms with E-state index in [1.165, 1.54) is 0 Å². The molecular formula is C14H21ClN4O. The van der Waals surface area contributed by atoms with Crippen LogP contribution in [0, 0.1) is 0 Å². The lowest BCUT2D eigenvalue weighted by molar-refractivity contribution is 0.213. The fourth-order valence-electron chi connectivity index (χ4n) is 2.58. The number of hydrogen-bond acceptors (Lipinski definition) is 4. The van der Waals surface area contributed by atoms with Crippen molar-refractivity contribution in [3.63, 3.8) is 0 Å². The molecule has 1 aliphatic rings. The molecule has 2 rings (SSSR count). The summed E-state index contributed by atoms with van der Waals surface area (Å²) in [5.74, 6) is 0.0337. The second-order valence-corrected chi connectivity index (χ2v) is 5.55. The maximum Gasteiger partial charge on any atom is 0.171 e. The predicted molar refractivity (Wildman–Crippen MR) is 82.9 cm³/mol. The van der Waals surface area contributed by atoms with Gasteiger partial charge in [-0.1, -0.05) is 23.7 Å². The Bertz CT molecular complexity index is 506. The lowest BCUT2D eigenvalue weighted by Gasteiger charge is -2.40. The summed E-state index contributed by atoms with van der Waals surface area (Å²) in [4.78, 5) is 4.72. The Balaban J connectivity index is 2.20. The van der Waals surface area contributed by atoms with Crippen molar-refractivity contribution >= 4 is 23.1 Å². The van der Waals surface area contributed by atoms with Gasteiger partial charge < -0.3 is 15.8 Å². The van der Waals surface area contributed by atoms with Gasteiger partial charge in [0.1, 0.15) is 0 Å². The Hall–Kier alpha value is -1.46. The quantitative estimate of drug-likeness (QED) is 0.387. The van der Waals surface area contributed by atoms with Gasteiger partial charge >= 0.3 is 0 Å². The molecule has 3 N–H and O–H groups in total. The molecule has 0 saturated carbocycles. The van der Waals surface area contributed by atoms with E-state index in [4.69, 9.17) is 22.5 Å². The number of anilines is 1. The highest BCUT2D eigenvalue weighted by Gasteiger charge is 2.23. The molecule has 6 heteroatoms. The van der Waals surface area contributed by atoms with Crippen LogP contribution in [-0.2, 0) is 0 Å². The fourth-order valence-corrected chi connectivity index (χ4v) is 2.86. The SMILES string of the molecule is CCC1CN(c2ccc(C(N)=NO)c(Cl)c2)CCN1C. The lowest BCUT2D eigenvalue weighted by Crippen LogP contribution is -2.51. The van der Waals surface area contributed by atoms with Crippen LogP contribution < -0.4 is 10.6 Å². The van der Waals surface area contributed by atoms with Gasteiger partial charge in [-0.2, -0.15) is 0 Å². The summed E-state index contributed by atoms with van der Waals surface area (Å²) in [6, 6.07) is 6.21. The van der Waals surface area contributed by atoms with Gasteiger partial charge in [0, 0.05) is 36.9 Å². The van der Waals surface area contributed by atoms with Crippen LogP contribution in [0.2, 0.25) is 5.02 Å². The van der Waals surface area contributed by atoms with E-state index in [1.54, 1.807) is 6.07 Å². The van der Waals surface area contributed by atoms with Crippen LogP contribution in [0.15, 0.2) is 23.4 Å². The molecule has 1 aromatic rings. The van der Waals surface area contributed by atoms with Crippen LogP contribution in [-0.4, -0.2) is 48.7 Å². The zero-order valence-electron chi connectivity index (χ0n) is 11.9. The highest BCUT2D eigenvalue weighted by Crippen LogP contribution is 2.26. The molecule has 0 radical (unpaired) electrons. The average Bonchev–Trinajstić information content (AvgIpc) is 2.47. The van der Waals surface area contributed by atoms with E-state index in [0.717, 1.165) is 31.7 Å². The molecule has 0 spiro atoms. The highest BCUT2D eigenvalue weighted by atomic mass is 35.5. The first kappa shape index (κ1) is 14.9. The molecule has 1 unspecified atom stereocenters. The van der Waals surface area contributed by atoms with Gasteiger partial charge in [0.25, 0.3) is 0 Å². The van der Waals surface area contributed by atoms with Crippen LogP contribution in [0.25, 0.3) is 0 Å². The predicted octanol–water partition coefficient (Wildman–Crippen LogP) is 1.96. The van der Waals surface area contributed by atoms with E-state index < -0.39 is 0 Å². The Morgan fingerprint density at radius 3 is 2.85 bits per heavy atom. The number of benzene rings is 1. The standard InChI is InChI=1S/C14H21ClN4O/c1-3-10-9-19(7-6-18(10)2)11-4-5-12(13(15)8-11)14(16)17-20/h4-5,8,10,20H,3,6-7,9H2,1-2H3,(H2,16,17). The third-order valence-corrected chi connectivity index (χ3v) is 4.26. The van der Waals surface area contributed by atoms with Crippen LogP contribution in [0.4, 0.5) is 5.69 Å². The molecule has 1 saturated heterocycles. The summed E-state index contributed by atoms with van der Waals surface area (Å²) in [5, 5.41) is 12.2. The molecule has 0 amide bonds. The monoisotopic (exact) mass is 296 g/mol. The summed E-state index contributed by atoms with van der Waals surface area (Å²) >= 11 is 6.21.